The topological polar surface area (TPSA) is 77.1 Å². The monoisotopic (exact) mass is 400 g/mol. The van der Waals surface area contributed by atoms with Crippen LogP contribution in [0.3, 0.4) is 0 Å². The second-order valence-corrected chi connectivity index (χ2v) is 6.82. The van der Waals surface area contributed by atoms with Gasteiger partial charge in [0.2, 0.25) is 0 Å². The number of amides is 1. The lowest BCUT2D eigenvalue weighted by atomic mass is 10.2. The minimum atomic E-state index is -0.258. The van der Waals surface area contributed by atoms with Gasteiger partial charge in [0.1, 0.15) is 5.82 Å². The highest BCUT2D eigenvalue weighted by Crippen LogP contribution is 2.23. The summed E-state index contributed by atoms with van der Waals surface area (Å²) in [6.07, 6.45) is 0. The minimum Gasteiger partial charge on any atom is -0.366 e. The Kier molecular flexibility index (Phi) is 5.12. The van der Waals surface area contributed by atoms with Crippen molar-refractivity contribution in [2.45, 2.75) is 0 Å². The molecule has 9 heteroatoms. The summed E-state index contributed by atoms with van der Waals surface area (Å²) >= 11 is 5.99. The Morgan fingerprint density at radius 3 is 2.61 bits per heavy atom. The Bertz CT molecular complexity index is 986. The first-order valence-corrected chi connectivity index (χ1v) is 9.22. The second kappa shape index (κ2) is 7.85. The van der Waals surface area contributed by atoms with Crippen LogP contribution in [0.1, 0.15) is 10.5 Å². The number of anilines is 3. The van der Waals surface area contributed by atoms with Gasteiger partial charge in [-0.25, -0.2) is 4.39 Å². The smallest absolute Gasteiger partial charge is 0.278 e. The van der Waals surface area contributed by atoms with E-state index in [9.17, 15) is 9.18 Å². The number of aromatic nitrogens is 3. The predicted molar refractivity (Wildman–Crippen MR) is 106 cm³/mol. The van der Waals surface area contributed by atoms with Crippen LogP contribution in [0, 0.1) is 5.82 Å². The first-order valence-electron chi connectivity index (χ1n) is 8.84. The van der Waals surface area contributed by atoms with Crippen LogP contribution in [0.2, 0.25) is 5.02 Å². The molecule has 1 aliphatic heterocycles. The van der Waals surface area contributed by atoms with Crippen molar-refractivity contribution in [2.24, 2.45) is 0 Å². The van der Waals surface area contributed by atoms with E-state index in [1.807, 2.05) is 11.0 Å². The average Bonchev–Trinajstić information content (AvgIpc) is 3.16. The largest absolute Gasteiger partial charge is 0.366 e. The fourth-order valence-corrected chi connectivity index (χ4v) is 3.37. The Balaban J connectivity index is 1.44. The Morgan fingerprint density at radius 1 is 1.07 bits per heavy atom. The van der Waals surface area contributed by atoms with Gasteiger partial charge in [-0.1, -0.05) is 29.8 Å². The SMILES string of the molecule is O=C(c1n[nH]nc1Nc1cccc(Cl)c1)N1CCN(c2ccccc2F)CC1. The first-order chi connectivity index (χ1) is 13.6. The summed E-state index contributed by atoms with van der Waals surface area (Å²) in [6.45, 7) is 2.02. The van der Waals surface area contributed by atoms with Gasteiger partial charge in [-0.05, 0) is 30.3 Å². The van der Waals surface area contributed by atoms with Crippen LogP contribution in [0.25, 0.3) is 0 Å². The van der Waals surface area contributed by atoms with E-state index in [-0.39, 0.29) is 17.4 Å². The molecular formula is C19H18ClFN6O. The number of carbonyl (C=O) groups is 1. The van der Waals surface area contributed by atoms with E-state index in [4.69, 9.17) is 11.6 Å². The van der Waals surface area contributed by atoms with Gasteiger partial charge >= 0.3 is 0 Å². The van der Waals surface area contributed by atoms with Gasteiger partial charge in [-0.15, -0.1) is 10.2 Å². The molecule has 1 amide bonds. The molecule has 2 heterocycles. The number of para-hydroxylation sites is 1. The number of rotatable bonds is 4. The van der Waals surface area contributed by atoms with Gasteiger partial charge in [0, 0.05) is 36.9 Å². The predicted octanol–water partition coefficient (Wildman–Crippen LogP) is 3.30. The zero-order valence-electron chi connectivity index (χ0n) is 14.9. The summed E-state index contributed by atoms with van der Waals surface area (Å²) in [5, 5.41) is 14.2. The Morgan fingerprint density at radius 2 is 1.86 bits per heavy atom. The molecule has 0 radical (unpaired) electrons. The number of nitrogens with zero attached hydrogens (tertiary/aromatic N) is 4. The number of benzene rings is 2. The zero-order chi connectivity index (χ0) is 19.5. The highest BCUT2D eigenvalue weighted by atomic mass is 35.5. The van der Waals surface area contributed by atoms with Crippen LogP contribution in [0.4, 0.5) is 21.6 Å². The fraction of sp³-hybridized carbons (Fsp3) is 0.211. The molecule has 2 N–H and O–H groups in total. The van der Waals surface area contributed by atoms with Crippen LogP contribution >= 0.6 is 11.6 Å². The van der Waals surface area contributed by atoms with Crippen LogP contribution in [-0.2, 0) is 0 Å². The van der Waals surface area contributed by atoms with Gasteiger partial charge in [0.25, 0.3) is 5.91 Å². The van der Waals surface area contributed by atoms with Crippen LogP contribution in [-0.4, -0.2) is 52.4 Å². The Labute approximate surface area is 166 Å². The second-order valence-electron chi connectivity index (χ2n) is 6.39. The zero-order valence-corrected chi connectivity index (χ0v) is 15.7. The molecule has 0 bridgehead atoms. The van der Waals surface area contributed by atoms with Crippen molar-refractivity contribution in [3.05, 3.63) is 65.1 Å². The maximum absolute atomic E-state index is 14.0. The number of H-pyrrole nitrogens is 1. The number of piperazine rings is 1. The van der Waals surface area contributed by atoms with Crippen molar-refractivity contribution < 1.29 is 9.18 Å². The first kappa shape index (κ1) is 18.2. The maximum Gasteiger partial charge on any atom is 0.278 e. The Hall–Kier alpha value is -3.13. The van der Waals surface area contributed by atoms with E-state index < -0.39 is 0 Å². The number of hydrogen-bond acceptors (Lipinski definition) is 5. The van der Waals surface area contributed by atoms with E-state index in [0.29, 0.717) is 48.4 Å². The molecule has 1 saturated heterocycles. The molecule has 7 nitrogen and oxygen atoms in total. The molecule has 1 fully saturated rings. The third-order valence-corrected chi connectivity index (χ3v) is 4.83. The van der Waals surface area contributed by atoms with E-state index in [2.05, 4.69) is 20.7 Å². The number of carbonyl (C=O) groups excluding carboxylic acids is 1. The van der Waals surface area contributed by atoms with Gasteiger partial charge in [0.15, 0.2) is 11.5 Å². The molecule has 4 rings (SSSR count). The van der Waals surface area contributed by atoms with Gasteiger partial charge < -0.3 is 15.1 Å². The molecule has 0 atom stereocenters. The summed E-state index contributed by atoms with van der Waals surface area (Å²) in [6, 6.07) is 13.8. The normalized spacial score (nSPS) is 14.2. The summed E-state index contributed by atoms with van der Waals surface area (Å²) in [5.74, 6) is -0.151. The molecule has 0 saturated carbocycles. The van der Waals surface area contributed by atoms with Crippen molar-refractivity contribution in [3.8, 4) is 0 Å². The molecule has 0 unspecified atom stereocenters. The maximum atomic E-state index is 14.0. The highest BCUT2D eigenvalue weighted by Gasteiger charge is 2.27. The highest BCUT2D eigenvalue weighted by molar-refractivity contribution is 6.30. The van der Waals surface area contributed by atoms with Crippen LogP contribution in [0.5, 0.6) is 0 Å². The quantitative estimate of drug-likeness (QED) is 0.702. The lowest BCUT2D eigenvalue weighted by molar-refractivity contribution is 0.0741. The van der Waals surface area contributed by atoms with E-state index in [0.717, 1.165) is 0 Å². The molecular weight excluding hydrogens is 383 g/mol. The number of hydrogen-bond donors (Lipinski definition) is 2. The summed E-state index contributed by atoms with van der Waals surface area (Å²) in [7, 11) is 0. The average molecular weight is 401 g/mol. The van der Waals surface area contributed by atoms with E-state index in [1.54, 1.807) is 41.3 Å². The molecule has 28 heavy (non-hydrogen) atoms. The van der Waals surface area contributed by atoms with Crippen molar-refractivity contribution in [2.75, 3.05) is 36.4 Å². The van der Waals surface area contributed by atoms with Crippen LogP contribution in [0.15, 0.2) is 48.5 Å². The minimum absolute atomic E-state index is 0.208. The van der Waals surface area contributed by atoms with Crippen molar-refractivity contribution in [1.29, 1.82) is 0 Å². The lowest BCUT2D eigenvalue weighted by Crippen LogP contribution is -2.49. The molecule has 1 aromatic heterocycles. The van der Waals surface area contributed by atoms with Crippen molar-refractivity contribution >= 4 is 34.7 Å². The van der Waals surface area contributed by atoms with Crippen LogP contribution < -0.4 is 10.2 Å². The third-order valence-electron chi connectivity index (χ3n) is 4.60. The number of halogens is 2. The third kappa shape index (κ3) is 3.77. The van der Waals surface area contributed by atoms with Crippen molar-refractivity contribution in [3.63, 3.8) is 0 Å². The summed E-state index contributed by atoms with van der Waals surface area (Å²) in [4.78, 5) is 16.5. The summed E-state index contributed by atoms with van der Waals surface area (Å²) < 4.78 is 14.0. The van der Waals surface area contributed by atoms with Crippen molar-refractivity contribution in [1.82, 2.24) is 20.3 Å². The molecule has 3 aromatic rings. The fourth-order valence-electron chi connectivity index (χ4n) is 3.18. The van der Waals surface area contributed by atoms with E-state index >= 15 is 0 Å². The van der Waals surface area contributed by atoms with Gasteiger partial charge in [0.05, 0.1) is 5.69 Å². The molecule has 0 aliphatic carbocycles. The molecule has 0 spiro atoms. The van der Waals surface area contributed by atoms with E-state index in [1.165, 1.54) is 6.07 Å². The molecule has 144 valence electrons. The molecule has 1 aliphatic rings. The lowest BCUT2D eigenvalue weighted by Gasteiger charge is -2.35. The number of aromatic amines is 1. The van der Waals surface area contributed by atoms with Gasteiger partial charge in [-0.2, -0.15) is 5.21 Å². The molecule has 2 aromatic carbocycles. The standard InChI is InChI=1S/C19H18ClFN6O/c20-13-4-3-5-14(12-13)22-18-17(23-25-24-18)19(28)27-10-8-26(9-11-27)16-7-2-1-6-15(16)21/h1-7,12H,8-11H2,(H2,22,23,24,25). The summed E-state index contributed by atoms with van der Waals surface area (Å²) in [5.41, 5.74) is 1.47. The van der Waals surface area contributed by atoms with Gasteiger partial charge in [-0.3, -0.25) is 4.79 Å². The number of nitrogens with one attached hydrogen (secondary N) is 2.